The number of carbonyl (C=O) groups is 3. The van der Waals surface area contributed by atoms with E-state index in [4.69, 9.17) is 18.9 Å². The second kappa shape index (κ2) is 7.03. The van der Waals surface area contributed by atoms with Crippen molar-refractivity contribution in [2.24, 2.45) is 0 Å². The molecular formula is C12H17BrO7. The van der Waals surface area contributed by atoms with E-state index in [1.54, 1.807) is 6.92 Å². The van der Waals surface area contributed by atoms with E-state index >= 15 is 0 Å². The summed E-state index contributed by atoms with van der Waals surface area (Å²) in [5, 5.41) is -0.669. The molecule has 5 atom stereocenters. The van der Waals surface area contributed by atoms with E-state index in [-0.39, 0.29) is 0 Å². The zero-order valence-corrected chi connectivity index (χ0v) is 13.2. The number of alkyl halides is 1. The first-order chi connectivity index (χ1) is 9.22. The maximum atomic E-state index is 11.2. The highest BCUT2D eigenvalue weighted by Gasteiger charge is 2.49. The van der Waals surface area contributed by atoms with Crippen LogP contribution in [0.1, 0.15) is 27.7 Å². The highest BCUT2D eigenvalue weighted by Crippen LogP contribution is 2.31. The van der Waals surface area contributed by atoms with Crippen molar-refractivity contribution in [3.05, 3.63) is 0 Å². The fraction of sp³-hybridized carbons (Fsp3) is 0.750. The van der Waals surface area contributed by atoms with E-state index in [0.29, 0.717) is 0 Å². The lowest BCUT2D eigenvalue weighted by Crippen LogP contribution is -2.59. The lowest BCUT2D eigenvalue weighted by molar-refractivity contribution is -0.227. The second-order valence-corrected chi connectivity index (χ2v) is 5.32. The molecule has 1 fully saturated rings. The Morgan fingerprint density at radius 1 is 0.850 bits per heavy atom. The smallest absolute Gasteiger partial charge is 0.303 e. The zero-order valence-electron chi connectivity index (χ0n) is 11.6. The van der Waals surface area contributed by atoms with E-state index in [1.165, 1.54) is 20.8 Å². The van der Waals surface area contributed by atoms with Crippen LogP contribution in [0.5, 0.6) is 0 Å². The minimum absolute atomic E-state index is 0.528. The summed E-state index contributed by atoms with van der Waals surface area (Å²) in [6.45, 7) is 5.35. The highest BCUT2D eigenvalue weighted by atomic mass is 79.9. The van der Waals surface area contributed by atoms with Gasteiger partial charge in [0.25, 0.3) is 0 Å². The molecule has 0 amide bonds. The Morgan fingerprint density at radius 2 is 1.25 bits per heavy atom. The summed E-state index contributed by atoms with van der Waals surface area (Å²) in [5.74, 6) is -1.67. The van der Waals surface area contributed by atoms with E-state index in [9.17, 15) is 14.4 Å². The van der Waals surface area contributed by atoms with Crippen molar-refractivity contribution in [2.45, 2.75) is 57.1 Å². The molecule has 0 N–H and O–H groups in total. The maximum absolute atomic E-state index is 11.2. The first-order valence-corrected chi connectivity index (χ1v) is 6.95. The Hall–Kier alpha value is -1.15. The predicted octanol–water partition coefficient (Wildman–Crippen LogP) is 0.921. The molecule has 0 aromatic carbocycles. The van der Waals surface area contributed by atoms with Crippen LogP contribution in [0.15, 0.2) is 0 Å². The third-order valence-electron chi connectivity index (χ3n) is 2.62. The van der Waals surface area contributed by atoms with Gasteiger partial charge in [0.1, 0.15) is 0 Å². The SMILES string of the molecule is CC(=O)O[C@@H]1[C@H](OC(C)=O)[C@H](Br)OC(C)[C@H]1OC(C)=O. The molecule has 0 saturated carbocycles. The molecule has 1 aliphatic heterocycles. The molecule has 1 aliphatic rings. The molecule has 0 spiro atoms. The van der Waals surface area contributed by atoms with Gasteiger partial charge in [0.15, 0.2) is 23.3 Å². The van der Waals surface area contributed by atoms with Crippen molar-refractivity contribution in [1.82, 2.24) is 0 Å². The molecule has 0 aromatic rings. The molecule has 0 radical (unpaired) electrons. The molecular weight excluding hydrogens is 336 g/mol. The number of rotatable bonds is 3. The van der Waals surface area contributed by atoms with Crippen LogP contribution in [0.3, 0.4) is 0 Å². The molecule has 8 heteroatoms. The molecule has 114 valence electrons. The van der Waals surface area contributed by atoms with Crippen molar-refractivity contribution >= 4 is 33.8 Å². The second-order valence-electron chi connectivity index (χ2n) is 4.41. The monoisotopic (exact) mass is 352 g/mol. The zero-order chi connectivity index (χ0) is 15.4. The van der Waals surface area contributed by atoms with Crippen LogP contribution in [0.4, 0.5) is 0 Å². The summed E-state index contributed by atoms with van der Waals surface area (Å²) in [7, 11) is 0. The highest BCUT2D eigenvalue weighted by molar-refractivity contribution is 9.09. The summed E-state index contributed by atoms with van der Waals surface area (Å²) in [5.41, 5.74) is 0. The van der Waals surface area contributed by atoms with E-state index < -0.39 is 47.3 Å². The van der Waals surface area contributed by atoms with Gasteiger partial charge in [0.05, 0.1) is 6.10 Å². The van der Waals surface area contributed by atoms with Gasteiger partial charge in [-0.2, -0.15) is 0 Å². The Labute approximate surface area is 125 Å². The summed E-state index contributed by atoms with van der Waals surface area (Å²) in [6, 6.07) is 0. The topological polar surface area (TPSA) is 88.1 Å². The normalized spacial score (nSPS) is 33.1. The Kier molecular flexibility index (Phi) is 5.94. The predicted molar refractivity (Wildman–Crippen MR) is 69.9 cm³/mol. The van der Waals surface area contributed by atoms with Gasteiger partial charge in [0, 0.05) is 20.8 Å². The summed E-state index contributed by atoms with van der Waals surface area (Å²) in [6.07, 6.45) is -3.22. The van der Waals surface area contributed by atoms with E-state index in [1.807, 2.05) is 0 Å². The van der Waals surface area contributed by atoms with Crippen LogP contribution < -0.4 is 0 Å². The quantitative estimate of drug-likeness (QED) is 0.424. The lowest BCUT2D eigenvalue weighted by atomic mass is 10.00. The van der Waals surface area contributed by atoms with Gasteiger partial charge in [-0.3, -0.25) is 14.4 Å². The number of halogens is 1. The van der Waals surface area contributed by atoms with Gasteiger partial charge >= 0.3 is 17.9 Å². The number of ether oxygens (including phenoxy) is 4. The van der Waals surface area contributed by atoms with Gasteiger partial charge < -0.3 is 18.9 Å². The van der Waals surface area contributed by atoms with Gasteiger partial charge in [0.2, 0.25) is 0 Å². The Bertz CT molecular complexity index is 369. The van der Waals surface area contributed by atoms with E-state index in [0.717, 1.165) is 0 Å². The van der Waals surface area contributed by atoms with Crippen molar-refractivity contribution in [1.29, 1.82) is 0 Å². The van der Waals surface area contributed by atoms with Crippen LogP contribution in [-0.2, 0) is 33.3 Å². The third-order valence-corrected chi connectivity index (χ3v) is 3.36. The van der Waals surface area contributed by atoms with Crippen LogP contribution >= 0.6 is 15.9 Å². The molecule has 0 aromatic heterocycles. The average molecular weight is 353 g/mol. The number of hydrogen-bond donors (Lipinski definition) is 0. The number of esters is 3. The maximum Gasteiger partial charge on any atom is 0.303 e. The van der Waals surface area contributed by atoms with Gasteiger partial charge in [-0.1, -0.05) is 15.9 Å². The first kappa shape index (κ1) is 16.9. The molecule has 1 rings (SSSR count). The minimum atomic E-state index is -0.937. The van der Waals surface area contributed by atoms with Gasteiger partial charge in [-0.25, -0.2) is 0 Å². The van der Waals surface area contributed by atoms with Crippen LogP contribution in [0.25, 0.3) is 0 Å². The molecule has 7 nitrogen and oxygen atoms in total. The number of hydrogen-bond acceptors (Lipinski definition) is 7. The molecule has 0 aliphatic carbocycles. The van der Waals surface area contributed by atoms with Gasteiger partial charge in [-0.15, -0.1) is 0 Å². The lowest BCUT2D eigenvalue weighted by Gasteiger charge is -2.41. The van der Waals surface area contributed by atoms with Crippen molar-refractivity contribution < 1.29 is 33.3 Å². The van der Waals surface area contributed by atoms with Crippen molar-refractivity contribution in [2.75, 3.05) is 0 Å². The molecule has 20 heavy (non-hydrogen) atoms. The standard InChI is InChI=1S/C12H17BrO7/c1-5-9(18-6(2)14)10(19-7(3)15)11(12(13)17-5)20-8(4)16/h5,9-12H,1-4H3/t5?,9-,10+,11+,12-/m1/s1. The third kappa shape index (κ3) is 4.45. The van der Waals surface area contributed by atoms with Crippen LogP contribution in [0, 0.1) is 0 Å². The fourth-order valence-electron chi connectivity index (χ4n) is 1.96. The minimum Gasteiger partial charge on any atom is -0.456 e. The Morgan fingerprint density at radius 3 is 1.70 bits per heavy atom. The largest absolute Gasteiger partial charge is 0.456 e. The molecule has 0 bridgehead atoms. The summed E-state index contributed by atoms with van der Waals surface area (Å²) < 4.78 is 20.9. The van der Waals surface area contributed by atoms with Crippen molar-refractivity contribution in [3.63, 3.8) is 0 Å². The van der Waals surface area contributed by atoms with E-state index in [2.05, 4.69) is 15.9 Å². The van der Waals surface area contributed by atoms with Gasteiger partial charge in [-0.05, 0) is 6.92 Å². The Balaban J connectivity index is 3.01. The molecule has 1 unspecified atom stereocenters. The van der Waals surface area contributed by atoms with Crippen molar-refractivity contribution in [3.8, 4) is 0 Å². The summed E-state index contributed by atoms with van der Waals surface area (Å²) >= 11 is 3.22. The van der Waals surface area contributed by atoms with Crippen LogP contribution in [0.2, 0.25) is 0 Å². The fourth-order valence-corrected chi connectivity index (χ4v) is 2.70. The summed E-state index contributed by atoms with van der Waals surface area (Å²) in [4.78, 5) is 33.5. The van der Waals surface area contributed by atoms with Crippen LogP contribution in [-0.4, -0.2) is 47.3 Å². The average Bonchev–Trinajstić information content (AvgIpc) is 2.27. The number of carbonyl (C=O) groups excluding carboxylic acids is 3. The first-order valence-electron chi connectivity index (χ1n) is 6.03. The molecule has 1 heterocycles. The molecule has 1 saturated heterocycles.